The van der Waals surface area contributed by atoms with Crippen LogP contribution in [0.15, 0.2) is 24.3 Å². The van der Waals surface area contributed by atoms with E-state index in [0.29, 0.717) is 13.1 Å². The van der Waals surface area contributed by atoms with Crippen LogP contribution >= 0.6 is 0 Å². The molecule has 1 saturated carbocycles. The fourth-order valence-corrected chi connectivity index (χ4v) is 4.85. The molecule has 2 aliphatic heterocycles. The summed E-state index contributed by atoms with van der Waals surface area (Å²) in [7, 11) is 0. The number of rotatable bonds is 4. The molecule has 2 atom stereocenters. The van der Waals surface area contributed by atoms with E-state index < -0.39 is 0 Å². The molecule has 3 aliphatic rings. The molecule has 0 radical (unpaired) electrons. The minimum Gasteiger partial charge on any atom is -0.339 e. The molecule has 3 amide bonds. The number of fused-ring (bicyclic) bond motifs is 1. The van der Waals surface area contributed by atoms with Gasteiger partial charge in [0.05, 0.1) is 11.8 Å². The highest BCUT2D eigenvalue weighted by atomic mass is 16.2. The molecule has 1 aromatic carbocycles. The number of likely N-dealkylation sites (tertiary alicyclic amines) is 1. The standard InChI is InChI=1S/C22H29N3O3/c1-16-5-4-6-17(13-16)14-23-9-11-24(12-10-23)20(26)15-25-21(27)18-7-2-3-8-19(18)22(25)28/h4-6,13,18-19H,2-3,7-12,14-15H2,1H3. The number of carbonyl (C=O) groups excluding carboxylic acids is 3. The second kappa shape index (κ2) is 8.03. The minimum atomic E-state index is -0.180. The first kappa shape index (κ1) is 19.1. The van der Waals surface area contributed by atoms with Crippen molar-refractivity contribution in [2.24, 2.45) is 11.8 Å². The second-order valence-corrected chi connectivity index (χ2v) is 8.41. The maximum absolute atomic E-state index is 12.7. The van der Waals surface area contributed by atoms with E-state index in [9.17, 15) is 14.4 Å². The van der Waals surface area contributed by atoms with Crippen molar-refractivity contribution in [3.05, 3.63) is 35.4 Å². The highest BCUT2D eigenvalue weighted by molar-refractivity contribution is 6.07. The van der Waals surface area contributed by atoms with Crippen molar-refractivity contribution in [1.29, 1.82) is 0 Å². The summed E-state index contributed by atoms with van der Waals surface area (Å²) < 4.78 is 0. The number of amides is 3. The van der Waals surface area contributed by atoms with E-state index in [4.69, 9.17) is 0 Å². The van der Waals surface area contributed by atoms with Crippen LogP contribution < -0.4 is 0 Å². The summed E-state index contributed by atoms with van der Waals surface area (Å²) in [5.41, 5.74) is 2.54. The maximum Gasteiger partial charge on any atom is 0.242 e. The smallest absolute Gasteiger partial charge is 0.242 e. The molecule has 2 heterocycles. The van der Waals surface area contributed by atoms with Gasteiger partial charge in [-0.25, -0.2) is 0 Å². The average molecular weight is 383 g/mol. The van der Waals surface area contributed by atoms with Crippen LogP contribution in [0.1, 0.15) is 36.8 Å². The molecule has 0 N–H and O–H groups in total. The molecule has 2 unspecified atom stereocenters. The first-order chi connectivity index (χ1) is 13.5. The van der Waals surface area contributed by atoms with Crippen LogP contribution in [-0.2, 0) is 20.9 Å². The van der Waals surface area contributed by atoms with Crippen molar-refractivity contribution >= 4 is 17.7 Å². The molecular formula is C22H29N3O3. The molecule has 0 bridgehead atoms. The lowest BCUT2D eigenvalue weighted by Crippen LogP contribution is -2.51. The Morgan fingerprint density at radius 2 is 1.64 bits per heavy atom. The fraction of sp³-hybridized carbons (Fsp3) is 0.591. The average Bonchev–Trinajstić information content (AvgIpc) is 2.94. The number of hydrogen-bond acceptors (Lipinski definition) is 4. The Labute approximate surface area is 166 Å². The SMILES string of the molecule is Cc1cccc(CN2CCN(C(=O)CN3C(=O)C4CCCCC4C3=O)CC2)c1. The molecule has 6 nitrogen and oxygen atoms in total. The van der Waals surface area contributed by atoms with Crippen LogP contribution in [0.4, 0.5) is 0 Å². The van der Waals surface area contributed by atoms with Gasteiger partial charge in [-0.2, -0.15) is 0 Å². The van der Waals surface area contributed by atoms with Crippen LogP contribution in [0, 0.1) is 18.8 Å². The van der Waals surface area contributed by atoms with E-state index in [1.54, 1.807) is 4.90 Å². The minimum absolute atomic E-state index is 0.0808. The third-order valence-corrected chi connectivity index (χ3v) is 6.44. The van der Waals surface area contributed by atoms with Crippen molar-refractivity contribution in [2.45, 2.75) is 39.2 Å². The van der Waals surface area contributed by atoms with Crippen LogP contribution in [0.3, 0.4) is 0 Å². The fourth-order valence-electron chi connectivity index (χ4n) is 4.85. The summed E-state index contributed by atoms with van der Waals surface area (Å²) in [4.78, 5) is 43.3. The van der Waals surface area contributed by atoms with Crippen LogP contribution in [-0.4, -0.2) is 65.1 Å². The number of benzene rings is 1. The Balaban J connectivity index is 1.29. The number of carbonyl (C=O) groups is 3. The van der Waals surface area contributed by atoms with E-state index in [2.05, 4.69) is 36.1 Å². The van der Waals surface area contributed by atoms with Crippen LogP contribution in [0.5, 0.6) is 0 Å². The predicted molar refractivity (Wildman–Crippen MR) is 105 cm³/mol. The topological polar surface area (TPSA) is 60.9 Å². The van der Waals surface area contributed by atoms with Gasteiger partial charge in [-0.15, -0.1) is 0 Å². The molecule has 150 valence electrons. The Bertz CT molecular complexity index is 746. The van der Waals surface area contributed by atoms with E-state index in [-0.39, 0.29) is 36.1 Å². The van der Waals surface area contributed by atoms with Gasteiger partial charge in [0, 0.05) is 32.7 Å². The van der Waals surface area contributed by atoms with Gasteiger partial charge in [0.25, 0.3) is 0 Å². The second-order valence-electron chi connectivity index (χ2n) is 8.41. The van der Waals surface area contributed by atoms with Gasteiger partial charge in [-0.1, -0.05) is 42.7 Å². The third kappa shape index (κ3) is 3.83. The number of aryl methyl sites for hydroxylation is 1. The summed E-state index contributed by atoms with van der Waals surface area (Å²) in [6.45, 7) is 5.82. The molecule has 6 heteroatoms. The zero-order chi connectivity index (χ0) is 19.7. The van der Waals surface area contributed by atoms with Crippen molar-refractivity contribution in [3.63, 3.8) is 0 Å². The zero-order valence-electron chi connectivity index (χ0n) is 16.6. The zero-order valence-corrected chi connectivity index (χ0v) is 16.6. The van der Waals surface area contributed by atoms with Gasteiger partial charge in [0.15, 0.2) is 0 Å². The summed E-state index contributed by atoms with van der Waals surface area (Å²) in [5, 5.41) is 0. The lowest BCUT2D eigenvalue weighted by Gasteiger charge is -2.35. The lowest BCUT2D eigenvalue weighted by atomic mass is 9.81. The maximum atomic E-state index is 12.7. The normalized spacial score (nSPS) is 25.9. The van der Waals surface area contributed by atoms with Crippen molar-refractivity contribution in [3.8, 4) is 0 Å². The molecule has 0 spiro atoms. The van der Waals surface area contributed by atoms with Gasteiger partial charge in [-0.05, 0) is 25.3 Å². The van der Waals surface area contributed by atoms with Crippen LogP contribution in [0.25, 0.3) is 0 Å². The van der Waals surface area contributed by atoms with Gasteiger partial charge < -0.3 is 4.90 Å². The van der Waals surface area contributed by atoms with Crippen molar-refractivity contribution in [1.82, 2.24) is 14.7 Å². The quantitative estimate of drug-likeness (QED) is 0.744. The van der Waals surface area contributed by atoms with Crippen molar-refractivity contribution in [2.75, 3.05) is 32.7 Å². The molecule has 2 saturated heterocycles. The summed E-state index contributed by atoms with van der Waals surface area (Å²) in [6.07, 6.45) is 3.59. The summed E-state index contributed by atoms with van der Waals surface area (Å²) in [6, 6.07) is 8.50. The number of piperazine rings is 1. The Kier molecular flexibility index (Phi) is 5.49. The first-order valence-electron chi connectivity index (χ1n) is 10.4. The molecule has 0 aromatic heterocycles. The molecule has 1 aliphatic carbocycles. The van der Waals surface area contributed by atoms with Crippen LogP contribution in [0.2, 0.25) is 0 Å². The number of hydrogen-bond donors (Lipinski definition) is 0. The highest BCUT2D eigenvalue weighted by Gasteiger charge is 2.48. The largest absolute Gasteiger partial charge is 0.339 e. The van der Waals surface area contributed by atoms with E-state index in [1.807, 2.05) is 0 Å². The highest BCUT2D eigenvalue weighted by Crippen LogP contribution is 2.37. The molecule has 3 fully saturated rings. The molecule has 28 heavy (non-hydrogen) atoms. The predicted octanol–water partition coefficient (Wildman–Crippen LogP) is 1.81. The van der Waals surface area contributed by atoms with E-state index >= 15 is 0 Å². The number of nitrogens with zero attached hydrogens (tertiary/aromatic N) is 3. The molecule has 1 aromatic rings. The third-order valence-electron chi connectivity index (χ3n) is 6.44. The lowest BCUT2D eigenvalue weighted by molar-refractivity contribution is -0.147. The van der Waals surface area contributed by atoms with Gasteiger partial charge >= 0.3 is 0 Å². The van der Waals surface area contributed by atoms with E-state index in [1.165, 1.54) is 16.0 Å². The van der Waals surface area contributed by atoms with Gasteiger partial charge in [-0.3, -0.25) is 24.2 Å². The van der Waals surface area contributed by atoms with Crippen molar-refractivity contribution < 1.29 is 14.4 Å². The number of imide groups is 1. The summed E-state index contributed by atoms with van der Waals surface area (Å²) in [5.74, 6) is -0.710. The molecular weight excluding hydrogens is 354 g/mol. The monoisotopic (exact) mass is 383 g/mol. The van der Waals surface area contributed by atoms with E-state index in [0.717, 1.165) is 45.3 Å². The Morgan fingerprint density at radius 3 is 2.25 bits per heavy atom. The Hall–Kier alpha value is -2.21. The molecule has 4 rings (SSSR count). The summed E-state index contributed by atoms with van der Waals surface area (Å²) >= 11 is 0. The Morgan fingerprint density at radius 1 is 1.00 bits per heavy atom. The van der Waals surface area contributed by atoms with Gasteiger partial charge in [0.1, 0.15) is 6.54 Å². The first-order valence-corrected chi connectivity index (χ1v) is 10.4. The van der Waals surface area contributed by atoms with Gasteiger partial charge in [0.2, 0.25) is 17.7 Å².